The number of halogens is 2. The summed E-state index contributed by atoms with van der Waals surface area (Å²) in [4.78, 5) is -0.356. The molecule has 0 radical (unpaired) electrons. The van der Waals surface area contributed by atoms with Crippen LogP contribution in [0.25, 0.3) is 5.69 Å². The first kappa shape index (κ1) is 21.9. The summed E-state index contributed by atoms with van der Waals surface area (Å²) in [6.07, 6.45) is 5.56. The maximum absolute atomic E-state index is 7.15. The van der Waals surface area contributed by atoms with Gasteiger partial charge < -0.3 is 14.8 Å². The lowest BCUT2D eigenvalue weighted by Gasteiger charge is -2.36. The molecule has 5 rings (SSSR count). The molecule has 2 heterocycles. The molecule has 0 saturated heterocycles. The van der Waals surface area contributed by atoms with Gasteiger partial charge in [-0.05, 0) is 55.0 Å². The Bertz CT molecular complexity index is 1050. The zero-order valence-electron chi connectivity index (χ0n) is 17.4. The lowest BCUT2D eigenvalue weighted by molar-refractivity contribution is 0.138. The van der Waals surface area contributed by atoms with E-state index in [0.29, 0.717) is 6.54 Å². The molecule has 31 heavy (non-hydrogen) atoms. The highest BCUT2D eigenvalue weighted by Crippen LogP contribution is 2.44. The van der Waals surface area contributed by atoms with E-state index in [1.54, 1.807) is 13.4 Å². The second-order valence-corrected chi connectivity index (χ2v) is 8.75. The van der Waals surface area contributed by atoms with Crippen LogP contribution >= 0.6 is 24.0 Å². The van der Waals surface area contributed by atoms with Crippen LogP contribution in [0.4, 0.5) is 0 Å². The van der Waals surface area contributed by atoms with Gasteiger partial charge in [0.05, 0.1) is 30.3 Å². The van der Waals surface area contributed by atoms with Gasteiger partial charge >= 0.3 is 0 Å². The number of nitrogens with one attached hydrogen (secondary N) is 1. The van der Waals surface area contributed by atoms with E-state index in [2.05, 4.69) is 38.3 Å². The van der Waals surface area contributed by atoms with Crippen molar-refractivity contribution in [3.8, 4) is 17.2 Å². The molecule has 0 amide bonds. The molecule has 1 N–H and O–H groups in total. The van der Waals surface area contributed by atoms with Gasteiger partial charge in [0, 0.05) is 12.6 Å². The second kappa shape index (κ2) is 9.07. The van der Waals surface area contributed by atoms with Crippen LogP contribution in [0, 0.1) is 0 Å². The Balaban J connectivity index is 0.00000231. The minimum atomic E-state index is -0.356. The molecule has 1 saturated carbocycles. The molecule has 0 unspecified atom stereocenters. The number of rotatable bonds is 4. The lowest BCUT2D eigenvalue weighted by Crippen LogP contribution is -2.31. The van der Waals surface area contributed by atoms with Crippen molar-refractivity contribution in [1.29, 1.82) is 0 Å². The Morgan fingerprint density at radius 1 is 1.10 bits per heavy atom. The molecule has 1 aromatic heterocycles. The first-order valence-electron chi connectivity index (χ1n) is 10.4. The van der Waals surface area contributed by atoms with E-state index in [-0.39, 0.29) is 23.4 Å². The van der Waals surface area contributed by atoms with Crippen LogP contribution in [0.2, 0.25) is 0 Å². The highest BCUT2D eigenvalue weighted by molar-refractivity contribution is 6.24. The van der Waals surface area contributed by atoms with Gasteiger partial charge in [0.25, 0.3) is 0 Å². The van der Waals surface area contributed by atoms with Crippen LogP contribution in [0.1, 0.15) is 42.6 Å². The van der Waals surface area contributed by atoms with Gasteiger partial charge in [-0.15, -0.1) is 34.2 Å². The van der Waals surface area contributed by atoms with Crippen LogP contribution in [-0.2, 0) is 18.0 Å². The minimum absolute atomic E-state index is 0. The molecule has 0 atom stereocenters. The Kier molecular flexibility index (Phi) is 6.42. The predicted molar refractivity (Wildman–Crippen MR) is 123 cm³/mol. The average Bonchev–Trinajstić information content (AvgIpc) is 3.17. The van der Waals surface area contributed by atoms with Gasteiger partial charge in [0.15, 0.2) is 5.82 Å². The van der Waals surface area contributed by atoms with E-state index < -0.39 is 0 Å². The molecular formula is C23H26Cl2N4O2. The van der Waals surface area contributed by atoms with Crippen LogP contribution in [0.15, 0.2) is 48.8 Å². The number of benzene rings is 2. The summed E-state index contributed by atoms with van der Waals surface area (Å²) in [6.45, 7) is 1.50. The number of nitrogens with zero attached hydrogens (tertiary/aromatic N) is 3. The van der Waals surface area contributed by atoms with E-state index >= 15 is 0 Å². The first-order valence-corrected chi connectivity index (χ1v) is 10.8. The largest absolute Gasteiger partial charge is 0.497 e. The second-order valence-electron chi connectivity index (χ2n) is 8.03. The number of ether oxygens (including phenoxy) is 2. The predicted octanol–water partition coefficient (Wildman–Crippen LogP) is 4.76. The van der Waals surface area contributed by atoms with Crippen LogP contribution in [0.3, 0.4) is 0 Å². The van der Waals surface area contributed by atoms with Gasteiger partial charge in [0.2, 0.25) is 0 Å². The van der Waals surface area contributed by atoms with E-state index in [9.17, 15) is 0 Å². The molecule has 0 bridgehead atoms. The molecule has 0 spiro atoms. The molecule has 1 aliphatic carbocycles. The van der Waals surface area contributed by atoms with E-state index in [1.165, 1.54) is 11.1 Å². The number of aromatic nitrogens is 3. The monoisotopic (exact) mass is 460 g/mol. The van der Waals surface area contributed by atoms with E-state index in [4.69, 9.17) is 21.1 Å². The summed E-state index contributed by atoms with van der Waals surface area (Å²) < 4.78 is 13.5. The quantitative estimate of drug-likeness (QED) is 0.568. The zero-order valence-corrected chi connectivity index (χ0v) is 19.0. The van der Waals surface area contributed by atoms with Crippen molar-refractivity contribution in [2.45, 2.75) is 49.8 Å². The van der Waals surface area contributed by atoms with Crippen molar-refractivity contribution in [1.82, 2.24) is 20.1 Å². The third-order valence-corrected chi connectivity index (χ3v) is 6.74. The number of alkyl halides is 1. The summed E-state index contributed by atoms with van der Waals surface area (Å²) in [7, 11) is 1.67. The van der Waals surface area contributed by atoms with E-state index in [1.807, 2.05) is 24.3 Å². The van der Waals surface area contributed by atoms with Crippen molar-refractivity contribution in [3.63, 3.8) is 0 Å². The normalized spacial score (nSPS) is 22.5. The maximum Gasteiger partial charge on any atom is 0.151 e. The molecular weight excluding hydrogens is 435 g/mol. The fourth-order valence-electron chi connectivity index (χ4n) is 4.45. The summed E-state index contributed by atoms with van der Waals surface area (Å²) in [5.74, 6) is 2.59. The van der Waals surface area contributed by atoms with Gasteiger partial charge in [-0.1, -0.05) is 18.2 Å². The summed E-state index contributed by atoms with van der Waals surface area (Å²) in [6, 6.07) is 14.3. The SMILES string of the molecule is COc1cccc(OC2CCC(Cl)(c3ccc4c(c3)CNCc3nncn3-4)CC2)c1.Cl. The molecule has 2 aliphatic rings. The summed E-state index contributed by atoms with van der Waals surface area (Å²) >= 11 is 7.15. The molecule has 1 fully saturated rings. The fourth-order valence-corrected chi connectivity index (χ4v) is 4.79. The third kappa shape index (κ3) is 4.38. The van der Waals surface area contributed by atoms with Gasteiger partial charge in [0.1, 0.15) is 17.8 Å². The van der Waals surface area contributed by atoms with Crippen LogP contribution in [0.5, 0.6) is 11.5 Å². The fraction of sp³-hybridized carbons (Fsp3) is 0.391. The summed E-state index contributed by atoms with van der Waals surface area (Å²) in [5.41, 5.74) is 3.53. The lowest BCUT2D eigenvalue weighted by atomic mass is 9.81. The van der Waals surface area contributed by atoms with Gasteiger partial charge in [-0.3, -0.25) is 4.57 Å². The topological polar surface area (TPSA) is 61.2 Å². The molecule has 3 aromatic rings. The van der Waals surface area contributed by atoms with Crippen molar-refractivity contribution >= 4 is 24.0 Å². The zero-order chi connectivity index (χ0) is 20.6. The molecule has 1 aliphatic heterocycles. The van der Waals surface area contributed by atoms with Crippen molar-refractivity contribution in [2.24, 2.45) is 0 Å². The Morgan fingerprint density at radius 2 is 1.90 bits per heavy atom. The van der Waals surface area contributed by atoms with Crippen molar-refractivity contribution in [2.75, 3.05) is 7.11 Å². The third-order valence-electron chi connectivity index (χ3n) is 6.14. The van der Waals surface area contributed by atoms with Crippen molar-refractivity contribution in [3.05, 3.63) is 65.7 Å². The number of methoxy groups -OCH3 is 1. The Labute approximate surface area is 193 Å². The highest BCUT2D eigenvalue weighted by atomic mass is 35.5. The average molecular weight is 461 g/mol. The smallest absolute Gasteiger partial charge is 0.151 e. The Hall–Kier alpha value is -2.28. The van der Waals surface area contributed by atoms with Crippen LogP contribution < -0.4 is 14.8 Å². The molecule has 6 nitrogen and oxygen atoms in total. The minimum Gasteiger partial charge on any atom is -0.497 e. The van der Waals surface area contributed by atoms with Crippen molar-refractivity contribution < 1.29 is 9.47 Å². The Morgan fingerprint density at radius 3 is 2.71 bits per heavy atom. The van der Waals surface area contributed by atoms with E-state index in [0.717, 1.165) is 55.2 Å². The van der Waals surface area contributed by atoms with Crippen LogP contribution in [-0.4, -0.2) is 28.0 Å². The number of hydrogen-bond donors (Lipinski definition) is 1. The number of hydrogen-bond acceptors (Lipinski definition) is 5. The molecule has 164 valence electrons. The maximum atomic E-state index is 7.15. The summed E-state index contributed by atoms with van der Waals surface area (Å²) in [5, 5.41) is 11.7. The molecule has 2 aromatic carbocycles. The standard InChI is InChI=1S/C23H25ClN4O2.ClH/c1-29-19-3-2-4-20(12-19)30-18-7-9-23(24,10-8-18)17-5-6-21-16(11-17)13-25-14-22-27-26-15-28(21)22;/h2-6,11-12,15,18,25H,7-10,13-14H2,1H3;1H. The van der Waals surface area contributed by atoms with Gasteiger partial charge in [-0.2, -0.15) is 0 Å². The highest BCUT2D eigenvalue weighted by Gasteiger charge is 2.36. The number of fused-ring (bicyclic) bond motifs is 3. The first-order chi connectivity index (χ1) is 14.6. The molecule has 8 heteroatoms. The van der Waals surface area contributed by atoms with Gasteiger partial charge in [-0.25, -0.2) is 0 Å².